The number of nitrogens with zero attached hydrogens (tertiary/aromatic N) is 1. The van der Waals surface area contributed by atoms with E-state index in [-0.39, 0.29) is 17.8 Å². The lowest BCUT2D eigenvalue weighted by molar-refractivity contribution is -0.133. The maximum absolute atomic E-state index is 11.5. The number of amides is 1. The predicted molar refractivity (Wildman–Crippen MR) is 56.6 cm³/mol. The third kappa shape index (κ3) is 3.14. The molecule has 0 spiro atoms. The third-order valence-corrected chi connectivity index (χ3v) is 2.80. The molecule has 0 N–H and O–H groups in total. The van der Waals surface area contributed by atoms with Crippen molar-refractivity contribution in [1.82, 2.24) is 4.90 Å². The molecule has 0 saturated carbocycles. The molecule has 1 atom stereocenters. The molecule has 0 aromatic heterocycles. The molecule has 1 amide bonds. The Morgan fingerprint density at radius 1 is 1.57 bits per heavy atom. The standard InChI is InChI=1S/C10H18ClNO2/c1-2-14-8-9-5-3-4-6-12(9)10(13)7-11/h9H,2-8H2,1H3/t9-/m1/s1. The number of rotatable bonds is 4. The Balaban J connectivity index is 2.45. The molecule has 0 unspecified atom stereocenters. The van der Waals surface area contributed by atoms with E-state index in [0.717, 1.165) is 19.4 Å². The molecular formula is C10H18ClNO2. The molecule has 0 aliphatic carbocycles. The second-order valence-electron chi connectivity index (χ2n) is 3.53. The molecule has 0 radical (unpaired) electrons. The first-order chi connectivity index (χ1) is 6.79. The van der Waals surface area contributed by atoms with Crippen LogP contribution in [0.3, 0.4) is 0 Å². The number of likely N-dealkylation sites (tertiary alicyclic amines) is 1. The van der Waals surface area contributed by atoms with Gasteiger partial charge in [-0.25, -0.2) is 0 Å². The topological polar surface area (TPSA) is 29.5 Å². The zero-order chi connectivity index (χ0) is 10.4. The van der Waals surface area contributed by atoms with E-state index in [1.165, 1.54) is 6.42 Å². The second-order valence-corrected chi connectivity index (χ2v) is 3.80. The molecule has 0 aromatic rings. The molecule has 3 nitrogen and oxygen atoms in total. The molecule has 1 aliphatic rings. The fourth-order valence-corrected chi connectivity index (χ4v) is 1.99. The summed E-state index contributed by atoms with van der Waals surface area (Å²) < 4.78 is 5.36. The van der Waals surface area contributed by atoms with Crippen LogP contribution in [0.5, 0.6) is 0 Å². The number of carbonyl (C=O) groups excluding carboxylic acids is 1. The van der Waals surface area contributed by atoms with E-state index in [9.17, 15) is 4.79 Å². The van der Waals surface area contributed by atoms with Gasteiger partial charge in [0.2, 0.25) is 5.91 Å². The van der Waals surface area contributed by atoms with Crippen molar-refractivity contribution in [2.75, 3.05) is 25.6 Å². The fraction of sp³-hybridized carbons (Fsp3) is 0.900. The summed E-state index contributed by atoms with van der Waals surface area (Å²) in [5.41, 5.74) is 0. The van der Waals surface area contributed by atoms with Crippen molar-refractivity contribution in [3.05, 3.63) is 0 Å². The summed E-state index contributed by atoms with van der Waals surface area (Å²) in [4.78, 5) is 13.3. The average Bonchev–Trinajstić information content (AvgIpc) is 2.25. The first kappa shape index (κ1) is 11.8. The van der Waals surface area contributed by atoms with Gasteiger partial charge < -0.3 is 9.64 Å². The van der Waals surface area contributed by atoms with Crippen molar-refractivity contribution in [1.29, 1.82) is 0 Å². The number of hydrogen-bond donors (Lipinski definition) is 0. The van der Waals surface area contributed by atoms with Crippen molar-refractivity contribution < 1.29 is 9.53 Å². The minimum atomic E-state index is 0.0380. The Morgan fingerprint density at radius 3 is 3.00 bits per heavy atom. The molecule has 0 aromatic carbocycles. The van der Waals surface area contributed by atoms with Crippen LogP contribution in [0.1, 0.15) is 26.2 Å². The zero-order valence-electron chi connectivity index (χ0n) is 8.67. The van der Waals surface area contributed by atoms with Crippen LogP contribution >= 0.6 is 11.6 Å². The van der Waals surface area contributed by atoms with Crippen molar-refractivity contribution in [2.45, 2.75) is 32.2 Å². The van der Waals surface area contributed by atoms with Crippen LogP contribution in [0.25, 0.3) is 0 Å². The number of ether oxygens (including phenoxy) is 1. The van der Waals surface area contributed by atoms with Gasteiger partial charge in [0.15, 0.2) is 0 Å². The van der Waals surface area contributed by atoms with Gasteiger partial charge in [0.25, 0.3) is 0 Å². The third-order valence-electron chi connectivity index (χ3n) is 2.58. The zero-order valence-corrected chi connectivity index (χ0v) is 9.42. The molecule has 0 bridgehead atoms. The molecule has 1 rings (SSSR count). The molecule has 1 aliphatic heterocycles. The predicted octanol–water partition coefficient (Wildman–Crippen LogP) is 1.64. The van der Waals surface area contributed by atoms with Gasteiger partial charge in [-0.15, -0.1) is 11.6 Å². The Hall–Kier alpha value is -0.280. The van der Waals surface area contributed by atoms with Gasteiger partial charge >= 0.3 is 0 Å². The van der Waals surface area contributed by atoms with Gasteiger partial charge in [-0.2, -0.15) is 0 Å². The lowest BCUT2D eigenvalue weighted by atomic mass is 10.0. The largest absolute Gasteiger partial charge is 0.380 e. The van der Waals surface area contributed by atoms with Gasteiger partial charge in [0.1, 0.15) is 5.88 Å². The van der Waals surface area contributed by atoms with Crippen molar-refractivity contribution >= 4 is 17.5 Å². The van der Waals surface area contributed by atoms with E-state index in [1.807, 2.05) is 11.8 Å². The minimum absolute atomic E-state index is 0.0380. The smallest absolute Gasteiger partial charge is 0.237 e. The molecule has 4 heteroatoms. The molecule has 1 saturated heterocycles. The SMILES string of the molecule is CCOC[C@H]1CCCCN1C(=O)CCl. The lowest BCUT2D eigenvalue weighted by Crippen LogP contribution is -2.46. The number of halogens is 1. The number of piperidine rings is 1. The minimum Gasteiger partial charge on any atom is -0.380 e. The summed E-state index contributed by atoms with van der Waals surface area (Å²) in [7, 11) is 0. The average molecular weight is 220 g/mol. The highest BCUT2D eigenvalue weighted by molar-refractivity contribution is 6.27. The van der Waals surface area contributed by atoms with Crippen LogP contribution in [0.15, 0.2) is 0 Å². The Bertz CT molecular complexity index is 187. The Kier molecular flexibility index (Phi) is 5.26. The van der Waals surface area contributed by atoms with E-state index >= 15 is 0 Å². The van der Waals surface area contributed by atoms with Crippen LogP contribution in [0, 0.1) is 0 Å². The number of alkyl halides is 1. The second kappa shape index (κ2) is 6.25. The monoisotopic (exact) mass is 219 g/mol. The highest BCUT2D eigenvalue weighted by atomic mass is 35.5. The molecule has 14 heavy (non-hydrogen) atoms. The molecule has 1 heterocycles. The first-order valence-electron chi connectivity index (χ1n) is 5.22. The summed E-state index contributed by atoms with van der Waals surface area (Å²) in [6.45, 7) is 4.17. The lowest BCUT2D eigenvalue weighted by Gasteiger charge is -2.35. The van der Waals surface area contributed by atoms with Crippen LogP contribution < -0.4 is 0 Å². The summed E-state index contributed by atoms with van der Waals surface area (Å²) >= 11 is 5.55. The van der Waals surface area contributed by atoms with Gasteiger partial charge in [0, 0.05) is 13.2 Å². The molecule has 1 fully saturated rings. The van der Waals surface area contributed by atoms with Crippen molar-refractivity contribution in [3.8, 4) is 0 Å². The van der Waals surface area contributed by atoms with Crippen LogP contribution in [0.2, 0.25) is 0 Å². The van der Waals surface area contributed by atoms with Gasteiger partial charge in [0.05, 0.1) is 12.6 Å². The maximum Gasteiger partial charge on any atom is 0.237 e. The van der Waals surface area contributed by atoms with E-state index in [1.54, 1.807) is 0 Å². The van der Waals surface area contributed by atoms with Gasteiger partial charge in [-0.1, -0.05) is 0 Å². The highest BCUT2D eigenvalue weighted by Crippen LogP contribution is 2.17. The summed E-state index contributed by atoms with van der Waals surface area (Å²) in [6, 6.07) is 0.245. The summed E-state index contributed by atoms with van der Waals surface area (Å²) in [5, 5.41) is 0. The van der Waals surface area contributed by atoms with Crippen molar-refractivity contribution in [2.24, 2.45) is 0 Å². The van der Waals surface area contributed by atoms with Crippen LogP contribution in [-0.4, -0.2) is 42.5 Å². The quantitative estimate of drug-likeness (QED) is 0.673. The Labute approximate surface area is 90.4 Å². The van der Waals surface area contributed by atoms with E-state index < -0.39 is 0 Å². The van der Waals surface area contributed by atoms with Crippen LogP contribution in [0.4, 0.5) is 0 Å². The normalized spacial score (nSPS) is 22.4. The van der Waals surface area contributed by atoms with Crippen molar-refractivity contribution in [3.63, 3.8) is 0 Å². The Morgan fingerprint density at radius 2 is 2.36 bits per heavy atom. The van der Waals surface area contributed by atoms with Gasteiger partial charge in [-0.3, -0.25) is 4.79 Å². The fourth-order valence-electron chi connectivity index (χ4n) is 1.83. The summed E-state index contributed by atoms with van der Waals surface area (Å²) in [6.07, 6.45) is 3.32. The van der Waals surface area contributed by atoms with Crippen LogP contribution in [-0.2, 0) is 9.53 Å². The summed E-state index contributed by atoms with van der Waals surface area (Å²) in [5.74, 6) is 0.124. The maximum atomic E-state index is 11.5. The van der Waals surface area contributed by atoms with E-state index in [4.69, 9.17) is 16.3 Å². The van der Waals surface area contributed by atoms with E-state index in [0.29, 0.717) is 13.2 Å². The number of carbonyl (C=O) groups is 1. The molecular weight excluding hydrogens is 202 g/mol. The highest BCUT2D eigenvalue weighted by Gasteiger charge is 2.25. The van der Waals surface area contributed by atoms with E-state index in [2.05, 4.69) is 0 Å². The molecule has 82 valence electrons. The first-order valence-corrected chi connectivity index (χ1v) is 5.76. The van der Waals surface area contributed by atoms with Gasteiger partial charge in [-0.05, 0) is 26.2 Å². The number of hydrogen-bond acceptors (Lipinski definition) is 2.